The number of methoxy groups -OCH3 is 1. The van der Waals surface area contributed by atoms with Crippen molar-refractivity contribution in [3.63, 3.8) is 0 Å². The zero-order valence-electron chi connectivity index (χ0n) is 10.4. The maximum absolute atomic E-state index is 11.4. The van der Waals surface area contributed by atoms with Gasteiger partial charge < -0.3 is 10.1 Å². The molecule has 7 heteroatoms. The molecule has 7 nitrogen and oxygen atoms in total. The van der Waals surface area contributed by atoms with Crippen molar-refractivity contribution in [1.29, 1.82) is 0 Å². The summed E-state index contributed by atoms with van der Waals surface area (Å²) in [5.74, 6) is -0.876. The van der Waals surface area contributed by atoms with Crippen LogP contribution in [0.2, 0.25) is 0 Å². The molecule has 0 aromatic heterocycles. The minimum atomic E-state index is -0.536. The molecule has 0 aromatic rings. The zero-order chi connectivity index (χ0) is 13.3. The van der Waals surface area contributed by atoms with Crippen LogP contribution in [0, 0.1) is 0 Å². The first-order valence-electron chi connectivity index (χ1n) is 5.40. The predicted octanol–water partition coefficient (Wildman–Crippen LogP) is -0.673. The Hall–Kier alpha value is -1.63. The number of rotatable bonds is 6. The Kier molecular flexibility index (Phi) is 7.70. The number of ether oxygens (including phenoxy) is 1. The summed E-state index contributed by atoms with van der Waals surface area (Å²) in [4.78, 5) is 35.0. The Labute approximate surface area is 100 Å². The lowest BCUT2D eigenvalue weighted by Crippen LogP contribution is -2.45. The van der Waals surface area contributed by atoms with E-state index in [1.54, 1.807) is 11.8 Å². The summed E-state index contributed by atoms with van der Waals surface area (Å²) >= 11 is 0. The Morgan fingerprint density at radius 1 is 1.18 bits per heavy atom. The molecular formula is C10H19N3O4. The standard InChI is InChI=1S/C10H19N3O4/c1-4-11-10(16)12-8(14)6-13(5-2)7-9(15)17-3/h4-7H2,1-3H3,(H2,11,12,14,16). The highest BCUT2D eigenvalue weighted by Gasteiger charge is 2.14. The van der Waals surface area contributed by atoms with Crippen LogP contribution in [0.4, 0.5) is 4.79 Å². The molecule has 0 aliphatic rings. The molecule has 0 spiro atoms. The van der Waals surface area contributed by atoms with Gasteiger partial charge >= 0.3 is 12.0 Å². The lowest BCUT2D eigenvalue weighted by Gasteiger charge is -2.17. The normalized spacial score (nSPS) is 9.88. The quantitative estimate of drug-likeness (QED) is 0.606. The van der Waals surface area contributed by atoms with Gasteiger partial charge in [-0.15, -0.1) is 0 Å². The molecule has 0 radical (unpaired) electrons. The minimum Gasteiger partial charge on any atom is -0.468 e. The molecule has 2 N–H and O–H groups in total. The van der Waals surface area contributed by atoms with Gasteiger partial charge in [-0.1, -0.05) is 6.92 Å². The third-order valence-electron chi connectivity index (χ3n) is 1.99. The van der Waals surface area contributed by atoms with Gasteiger partial charge in [-0.25, -0.2) is 4.79 Å². The summed E-state index contributed by atoms with van der Waals surface area (Å²) in [6.45, 7) is 4.51. The van der Waals surface area contributed by atoms with Gasteiger partial charge in [0, 0.05) is 6.54 Å². The summed E-state index contributed by atoms with van der Waals surface area (Å²) in [6, 6.07) is -0.536. The molecule has 0 bridgehead atoms. The SMILES string of the molecule is CCNC(=O)NC(=O)CN(CC)CC(=O)OC. The highest BCUT2D eigenvalue weighted by molar-refractivity contribution is 5.95. The van der Waals surface area contributed by atoms with Gasteiger partial charge in [0.2, 0.25) is 5.91 Å². The topological polar surface area (TPSA) is 87.7 Å². The molecule has 0 saturated heterocycles. The van der Waals surface area contributed by atoms with Crippen LogP contribution in [0.15, 0.2) is 0 Å². The third kappa shape index (κ3) is 7.29. The lowest BCUT2D eigenvalue weighted by molar-refractivity contribution is -0.142. The smallest absolute Gasteiger partial charge is 0.321 e. The highest BCUT2D eigenvalue weighted by atomic mass is 16.5. The Balaban J connectivity index is 4.06. The maximum atomic E-state index is 11.4. The van der Waals surface area contributed by atoms with E-state index in [-0.39, 0.29) is 13.1 Å². The molecule has 0 rings (SSSR count). The van der Waals surface area contributed by atoms with E-state index in [9.17, 15) is 14.4 Å². The zero-order valence-corrected chi connectivity index (χ0v) is 10.4. The van der Waals surface area contributed by atoms with Crippen LogP contribution in [0.5, 0.6) is 0 Å². The number of imide groups is 1. The number of amides is 3. The average molecular weight is 245 g/mol. The van der Waals surface area contributed by atoms with Crippen LogP contribution >= 0.6 is 0 Å². The first-order valence-corrected chi connectivity index (χ1v) is 5.40. The average Bonchev–Trinajstić information content (AvgIpc) is 2.27. The molecule has 0 aliphatic heterocycles. The van der Waals surface area contributed by atoms with Crippen molar-refractivity contribution in [3.8, 4) is 0 Å². The minimum absolute atomic E-state index is 0.0236. The van der Waals surface area contributed by atoms with E-state index < -0.39 is 17.9 Å². The number of urea groups is 1. The molecule has 17 heavy (non-hydrogen) atoms. The number of nitrogens with zero attached hydrogens (tertiary/aromatic N) is 1. The van der Waals surface area contributed by atoms with Gasteiger partial charge in [-0.3, -0.25) is 19.8 Å². The van der Waals surface area contributed by atoms with Crippen molar-refractivity contribution in [1.82, 2.24) is 15.5 Å². The van der Waals surface area contributed by atoms with E-state index in [0.717, 1.165) is 0 Å². The second-order valence-corrected chi connectivity index (χ2v) is 3.29. The molecule has 0 atom stereocenters. The molecular weight excluding hydrogens is 226 g/mol. The van der Waals surface area contributed by atoms with Crippen molar-refractivity contribution in [3.05, 3.63) is 0 Å². The van der Waals surface area contributed by atoms with Crippen LogP contribution in [-0.2, 0) is 14.3 Å². The largest absolute Gasteiger partial charge is 0.468 e. The second-order valence-electron chi connectivity index (χ2n) is 3.29. The van der Waals surface area contributed by atoms with Crippen LogP contribution < -0.4 is 10.6 Å². The number of esters is 1. The lowest BCUT2D eigenvalue weighted by atomic mass is 10.4. The molecule has 0 aromatic carbocycles. The molecule has 0 saturated carbocycles. The predicted molar refractivity (Wildman–Crippen MR) is 61.3 cm³/mol. The summed E-state index contributed by atoms with van der Waals surface area (Å²) in [5.41, 5.74) is 0. The Morgan fingerprint density at radius 3 is 2.29 bits per heavy atom. The number of carbonyl (C=O) groups is 3. The molecule has 0 unspecified atom stereocenters. The summed E-state index contributed by atoms with van der Waals surface area (Å²) in [7, 11) is 1.28. The molecule has 3 amide bonds. The monoisotopic (exact) mass is 245 g/mol. The number of likely N-dealkylation sites (N-methyl/N-ethyl adjacent to an activating group) is 1. The van der Waals surface area contributed by atoms with Crippen LogP contribution in [0.25, 0.3) is 0 Å². The molecule has 0 fully saturated rings. The number of hydrogen-bond acceptors (Lipinski definition) is 5. The summed E-state index contributed by atoms with van der Waals surface area (Å²) in [6.07, 6.45) is 0. The van der Waals surface area contributed by atoms with Crippen LogP contribution in [0.3, 0.4) is 0 Å². The van der Waals surface area contributed by atoms with Crippen LogP contribution in [-0.4, -0.2) is 56.1 Å². The van der Waals surface area contributed by atoms with E-state index in [2.05, 4.69) is 15.4 Å². The van der Waals surface area contributed by atoms with E-state index >= 15 is 0 Å². The van der Waals surface area contributed by atoms with Crippen molar-refractivity contribution in [2.75, 3.05) is 33.3 Å². The second kappa shape index (κ2) is 8.51. The highest BCUT2D eigenvalue weighted by Crippen LogP contribution is 1.89. The van der Waals surface area contributed by atoms with Gasteiger partial charge in [0.1, 0.15) is 0 Å². The number of nitrogens with one attached hydrogen (secondary N) is 2. The van der Waals surface area contributed by atoms with Crippen molar-refractivity contribution >= 4 is 17.9 Å². The van der Waals surface area contributed by atoms with E-state index in [1.807, 2.05) is 6.92 Å². The van der Waals surface area contributed by atoms with Gasteiger partial charge in [0.15, 0.2) is 0 Å². The molecule has 0 heterocycles. The van der Waals surface area contributed by atoms with Crippen molar-refractivity contribution in [2.45, 2.75) is 13.8 Å². The van der Waals surface area contributed by atoms with Crippen molar-refractivity contribution in [2.24, 2.45) is 0 Å². The first-order chi connectivity index (χ1) is 8.03. The van der Waals surface area contributed by atoms with Gasteiger partial charge in [-0.2, -0.15) is 0 Å². The molecule has 0 aliphatic carbocycles. The fourth-order valence-corrected chi connectivity index (χ4v) is 1.10. The van der Waals surface area contributed by atoms with E-state index in [1.165, 1.54) is 7.11 Å². The van der Waals surface area contributed by atoms with Gasteiger partial charge in [0.05, 0.1) is 20.2 Å². The van der Waals surface area contributed by atoms with Gasteiger partial charge in [-0.05, 0) is 13.5 Å². The fraction of sp³-hybridized carbons (Fsp3) is 0.700. The summed E-state index contributed by atoms with van der Waals surface area (Å²) in [5, 5.41) is 4.59. The summed E-state index contributed by atoms with van der Waals surface area (Å²) < 4.78 is 4.49. The van der Waals surface area contributed by atoms with Crippen LogP contribution in [0.1, 0.15) is 13.8 Å². The third-order valence-corrected chi connectivity index (χ3v) is 1.99. The molecule has 98 valence electrons. The first kappa shape index (κ1) is 15.4. The maximum Gasteiger partial charge on any atom is 0.321 e. The van der Waals surface area contributed by atoms with E-state index in [0.29, 0.717) is 13.1 Å². The van der Waals surface area contributed by atoms with Gasteiger partial charge in [0.25, 0.3) is 0 Å². The Bertz CT molecular complexity index is 281. The van der Waals surface area contributed by atoms with E-state index in [4.69, 9.17) is 0 Å². The Morgan fingerprint density at radius 2 is 1.82 bits per heavy atom. The fourth-order valence-electron chi connectivity index (χ4n) is 1.10. The number of carbonyl (C=O) groups excluding carboxylic acids is 3. The number of hydrogen-bond donors (Lipinski definition) is 2. The van der Waals surface area contributed by atoms with Crippen molar-refractivity contribution < 1.29 is 19.1 Å².